The average Bonchev–Trinajstić information content (AvgIpc) is 3.36. The number of amides is 1. The van der Waals surface area contributed by atoms with Gasteiger partial charge in [0.15, 0.2) is 5.16 Å². The molecule has 0 fully saturated rings. The van der Waals surface area contributed by atoms with E-state index in [2.05, 4.69) is 29.4 Å². The van der Waals surface area contributed by atoms with Crippen molar-refractivity contribution >= 4 is 40.0 Å². The highest BCUT2D eigenvalue weighted by atomic mass is 32.2. The van der Waals surface area contributed by atoms with Gasteiger partial charge in [-0.15, -0.1) is 21.5 Å². The van der Waals surface area contributed by atoms with Gasteiger partial charge in [0.05, 0.1) is 12.9 Å². The van der Waals surface area contributed by atoms with E-state index in [9.17, 15) is 9.59 Å². The second-order valence-electron chi connectivity index (χ2n) is 7.29. The fraction of sp³-hybridized carbons (Fsp3) is 0.364. The van der Waals surface area contributed by atoms with Gasteiger partial charge in [0.25, 0.3) is 0 Å². The number of ether oxygens (including phenoxy) is 1. The Kier molecular flexibility index (Phi) is 7.50. The standard InChI is InChI=1S/C22H26N4O3S2/c1-6-26-19(13(2)3)24-25-22(26)31-12-17(27)23-20-18(21(28)29-5)16(11-30-20)15-9-7-14(4)8-10-15/h7-11,13H,6,12H2,1-5H3,(H,23,27). The summed E-state index contributed by atoms with van der Waals surface area (Å²) in [6, 6.07) is 7.88. The van der Waals surface area contributed by atoms with Gasteiger partial charge in [0.2, 0.25) is 5.91 Å². The number of anilines is 1. The van der Waals surface area contributed by atoms with E-state index in [0.29, 0.717) is 15.7 Å². The number of nitrogens with zero attached hydrogens (tertiary/aromatic N) is 3. The van der Waals surface area contributed by atoms with Gasteiger partial charge in [-0.25, -0.2) is 4.79 Å². The van der Waals surface area contributed by atoms with Crippen molar-refractivity contribution in [3.05, 3.63) is 46.6 Å². The number of aromatic nitrogens is 3. The predicted molar refractivity (Wildman–Crippen MR) is 125 cm³/mol. The largest absolute Gasteiger partial charge is 0.465 e. The number of nitrogens with one attached hydrogen (secondary N) is 1. The van der Waals surface area contributed by atoms with Crippen LogP contribution in [0.1, 0.15) is 48.4 Å². The van der Waals surface area contributed by atoms with Crippen molar-refractivity contribution in [2.75, 3.05) is 18.2 Å². The molecule has 2 heterocycles. The van der Waals surface area contributed by atoms with E-state index in [1.807, 2.05) is 48.1 Å². The minimum Gasteiger partial charge on any atom is -0.465 e. The molecule has 0 saturated heterocycles. The number of esters is 1. The number of rotatable bonds is 8. The summed E-state index contributed by atoms with van der Waals surface area (Å²) in [7, 11) is 1.34. The Morgan fingerprint density at radius 3 is 2.55 bits per heavy atom. The quantitative estimate of drug-likeness (QED) is 0.379. The van der Waals surface area contributed by atoms with Crippen LogP contribution >= 0.6 is 23.1 Å². The number of methoxy groups -OCH3 is 1. The summed E-state index contributed by atoms with van der Waals surface area (Å²) in [6.07, 6.45) is 0. The molecule has 0 saturated carbocycles. The lowest BCUT2D eigenvalue weighted by atomic mass is 10.0. The Morgan fingerprint density at radius 1 is 1.23 bits per heavy atom. The summed E-state index contributed by atoms with van der Waals surface area (Å²) < 4.78 is 6.99. The minimum absolute atomic E-state index is 0.161. The smallest absolute Gasteiger partial charge is 0.341 e. The first-order chi connectivity index (χ1) is 14.8. The summed E-state index contributed by atoms with van der Waals surface area (Å²) in [5.41, 5.74) is 3.14. The minimum atomic E-state index is -0.480. The summed E-state index contributed by atoms with van der Waals surface area (Å²) in [5.74, 6) is 0.620. The molecule has 0 aliphatic heterocycles. The number of hydrogen-bond acceptors (Lipinski definition) is 7. The van der Waals surface area contributed by atoms with Gasteiger partial charge in [0.1, 0.15) is 16.4 Å². The lowest BCUT2D eigenvalue weighted by molar-refractivity contribution is -0.113. The maximum Gasteiger partial charge on any atom is 0.341 e. The van der Waals surface area contributed by atoms with Crippen LogP contribution in [0.3, 0.4) is 0 Å². The Bertz CT molecular complexity index is 1070. The zero-order valence-corrected chi connectivity index (χ0v) is 19.9. The molecule has 3 aromatic rings. The molecule has 0 bridgehead atoms. The number of hydrogen-bond donors (Lipinski definition) is 1. The molecule has 9 heteroatoms. The first-order valence-corrected chi connectivity index (χ1v) is 11.8. The second-order valence-corrected chi connectivity index (χ2v) is 9.11. The average molecular weight is 459 g/mol. The van der Waals surface area contributed by atoms with Gasteiger partial charge >= 0.3 is 5.97 Å². The molecule has 3 rings (SSSR count). The van der Waals surface area contributed by atoms with Crippen LogP contribution in [-0.2, 0) is 16.1 Å². The lowest BCUT2D eigenvalue weighted by Gasteiger charge is -2.10. The number of aryl methyl sites for hydroxylation is 1. The zero-order valence-electron chi connectivity index (χ0n) is 18.3. The summed E-state index contributed by atoms with van der Waals surface area (Å²) in [4.78, 5) is 25.1. The van der Waals surface area contributed by atoms with E-state index < -0.39 is 5.97 Å². The third kappa shape index (κ3) is 5.16. The van der Waals surface area contributed by atoms with E-state index in [-0.39, 0.29) is 17.6 Å². The molecule has 7 nitrogen and oxygen atoms in total. The highest BCUT2D eigenvalue weighted by molar-refractivity contribution is 7.99. The number of benzene rings is 1. The molecule has 0 radical (unpaired) electrons. The fourth-order valence-electron chi connectivity index (χ4n) is 3.12. The van der Waals surface area contributed by atoms with Crippen LogP contribution in [-0.4, -0.2) is 39.5 Å². The van der Waals surface area contributed by atoms with Crippen molar-refractivity contribution in [2.45, 2.75) is 45.3 Å². The van der Waals surface area contributed by atoms with Crippen LogP contribution in [0, 0.1) is 6.92 Å². The van der Waals surface area contributed by atoms with Gasteiger partial charge in [-0.05, 0) is 19.4 Å². The second kappa shape index (κ2) is 10.1. The number of carbonyl (C=O) groups excluding carboxylic acids is 2. The van der Waals surface area contributed by atoms with Crippen LogP contribution in [0.25, 0.3) is 11.1 Å². The molecule has 1 N–H and O–H groups in total. The van der Waals surface area contributed by atoms with Crippen LogP contribution in [0.15, 0.2) is 34.8 Å². The third-order valence-electron chi connectivity index (χ3n) is 4.71. The van der Waals surface area contributed by atoms with Gasteiger partial charge in [0, 0.05) is 23.4 Å². The Balaban J connectivity index is 1.77. The molecule has 2 aromatic heterocycles. The normalized spacial score (nSPS) is 11.0. The molecule has 0 aliphatic rings. The van der Waals surface area contributed by atoms with E-state index in [0.717, 1.165) is 29.1 Å². The molecular formula is C22H26N4O3S2. The maximum absolute atomic E-state index is 12.6. The van der Waals surface area contributed by atoms with Gasteiger partial charge in [-0.2, -0.15) is 0 Å². The fourth-order valence-corrected chi connectivity index (χ4v) is 4.91. The van der Waals surface area contributed by atoms with E-state index in [4.69, 9.17) is 4.74 Å². The van der Waals surface area contributed by atoms with Crippen LogP contribution < -0.4 is 5.32 Å². The van der Waals surface area contributed by atoms with Gasteiger partial charge < -0.3 is 14.6 Å². The highest BCUT2D eigenvalue weighted by Crippen LogP contribution is 2.36. The van der Waals surface area contributed by atoms with Crippen LogP contribution in [0.4, 0.5) is 5.00 Å². The Hall–Kier alpha value is -2.65. The molecule has 1 aromatic carbocycles. The summed E-state index contributed by atoms with van der Waals surface area (Å²) in [6.45, 7) is 8.90. The first kappa shape index (κ1) is 23.0. The molecule has 0 atom stereocenters. The van der Waals surface area contributed by atoms with E-state index in [1.54, 1.807) is 0 Å². The van der Waals surface area contributed by atoms with Gasteiger partial charge in [-0.1, -0.05) is 55.4 Å². The SMILES string of the molecule is CCn1c(SCC(=O)Nc2scc(-c3ccc(C)cc3)c2C(=O)OC)nnc1C(C)C. The van der Waals surface area contributed by atoms with E-state index >= 15 is 0 Å². The van der Waals surface area contributed by atoms with Crippen molar-refractivity contribution < 1.29 is 14.3 Å². The zero-order chi connectivity index (χ0) is 22.5. The summed E-state index contributed by atoms with van der Waals surface area (Å²) >= 11 is 2.64. The molecule has 164 valence electrons. The van der Waals surface area contributed by atoms with Crippen molar-refractivity contribution in [1.82, 2.24) is 14.8 Å². The third-order valence-corrected chi connectivity index (χ3v) is 6.57. The first-order valence-electron chi connectivity index (χ1n) is 9.98. The summed E-state index contributed by atoms with van der Waals surface area (Å²) in [5, 5.41) is 14.4. The van der Waals surface area contributed by atoms with Crippen molar-refractivity contribution in [3.8, 4) is 11.1 Å². The van der Waals surface area contributed by atoms with Crippen LogP contribution in [0.2, 0.25) is 0 Å². The molecule has 31 heavy (non-hydrogen) atoms. The number of thioether (sulfide) groups is 1. The van der Waals surface area contributed by atoms with E-state index in [1.165, 1.54) is 30.2 Å². The monoisotopic (exact) mass is 458 g/mol. The Morgan fingerprint density at radius 2 is 1.94 bits per heavy atom. The number of carbonyl (C=O) groups is 2. The number of thiophene rings is 1. The van der Waals surface area contributed by atoms with Crippen LogP contribution in [0.5, 0.6) is 0 Å². The Labute approximate surface area is 190 Å². The lowest BCUT2D eigenvalue weighted by Crippen LogP contribution is -2.16. The molecular weight excluding hydrogens is 432 g/mol. The van der Waals surface area contributed by atoms with Crippen molar-refractivity contribution in [3.63, 3.8) is 0 Å². The van der Waals surface area contributed by atoms with Crippen molar-refractivity contribution in [2.24, 2.45) is 0 Å². The molecule has 1 amide bonds. The highest BCUT2D eigenvalue weighted by Gasteiger charge is 2.23. The van der Waals surface area contributed by atoms with Gasteiger partial charge in [-0.3, -0.25) is 4.79 Å². The maximum atomic E-state index is 12.6. The molecule has 0 spiro atoms. The topological polar surface area (TPSA) is 86.1 Å². The predicted octanol–water partition coefficient (Wildman–Crippen LogP) is 4.98. The van der Waals surface area contributed by atoms with Crippen molar-refractivity contribution in [1.29, 1.82) is 0 Å². The molecule has 0 aliphatic carbocycles. The molecule has 0 unspecified atom stereocenters.